The lowest BCUT2D eigenvalue weighted by Gasteiger charge is -2.27. The number of aromatic nitrogens is 2. The SMILES string of the molecule is Cc1c(CNC2CC(=O)N(C3CCCCCC3)C2)cnn1C. The van der Waals surface area contributed by atoms with Crippen LogP contribution in [0, 0.1) is 6.92 Å². The lowest BCUT2D eigenvalue weighted by atomic mass is 10.1. The van der Waals surface area contributed by atoms with E-state index in [9.17, 15) is 4.79 Å². The summed E-state index contributed by atoms with van der Waals surface area (Å²) in [6, 6.07) is 0.775. The van der Waals surface area contributed by atoms with Gasteiger partial charge in [0.2, 0.25) is 5.91 Å². The van der Waals surface area contributed by atoms with E-state index in [1.54, 1.807) is 0 Å². The van der Waals surface area contributed by atoms with Crippen molar-refractivity contribution in [1.82, 2.24) is 20.0 Å². The van der Waals surface area contributed by atoms with E-state index in [0.29, 0.717) is 18.4 Å². The number of nitrogens with zero attached hydrogens (tertiary/aromatic N) is 3. The van der Waals surface area contributed by atoms with Crippen molar-refractivity contribution in [3.63, 3.8) is 0 Å². The van der Waals surface area contributed by atoms with E-state index in [1.165, 1.54) is 49.8 Å². The Balaban J connectivity index is 1.54. The van der Waals surface area contributed by atoms with Crippen LogP contribution in [0.1, 0.15) is 56.2 Å². The van der Waals surface area contributed by atoms with Gasteiger partial charge in [-0.15, -0.1) is 0 Å². The van der Waals surface area contributed by atoms with Crippen LogP contribution in [0.2, 0.25) is 0 Å². The monoisotopic (exact) mass is 304 g/mol. The first-order valence-corrected chi connectivity index (χ1v) is 8.65. The maximum absolute atomic E-state index is 12.3. The van der Waals surface area contributed by atoms with E-state index in [2.05, 4.69) is 22.2 Å². The highest BCUT2D eigenvalue weighted by molar-refractivity contribution is 5.79. The van der Waals surface area contributed by atoms with E-state index >= 15 is 0 Å². The number of likely N-dealkylation sites (tertiary alicyclic amines) is 1. The van der Waals surface area contributed by atoms with Gasteiger partial charge in [-0.25, -0.2) is 0 Å². The van der Waals surface area contributed by atoms with E-state index in [0.717, 1.165) is 13.1 Å². The summed E-state index contributed by atoms with van der Waals surface area (Å²) < 4.78 is 1.90. The van der Waals surface area contributed by atoms with Crippen molar-refractivity contribution in [2.45, 2.75) is 70.5 Å². The summed E-state index contributed by atoms with van der Waals surface area (Å²) in [5.41, 5.74) is 2.42. The van der Waals surface area contributed by atoms with Crippen molar-refractivity contribution in [3.05, 3.63) is 17.5 Å². The predicted octanol–water partition coefficient (Wildman–Crippen LogP) is 2.14. The quantitative estimate of drug-likeness (QED) is 0.867. The molecule has 1 aromatic rings. The topological polar surface area (TPSA) is 50.2 Å². The Labute approximate surface area is 133 Å². The van der Waals surface area contributed by atoms with Gasteiger partial charge in [-0.2, -0.15) is 5.10 Å². The fraction of sp³-hybridized carbons (Fsp3) is 0.765. The fourth-order valence-corrected chi connectivity index (χ4v) is 3.76. The molecule has 1 N–H and O–H groups in total. The minimum atomic E-state index is 0.287. The van der Waals surface area contributed by atoms with Crippen molar-refractivity contribution < 1.29 is 4.79 Å². The lowest BCUT2D eigenvalue weighted by molar-refractivity contribution is -0.129. The second kappa shape index (κ2) is 6.82. The third-order valence-electron chi connectivity index (χ3n) is 5.34. The second-order valence-electron chi connectivity index (χ2n) is 6.85. The molecule has 2 aliphatic rings. The molecule has 0 radical (unpaired) electrons. The highest BCUT2D eigenvalue weighted by Crippen LogP contribution is 2.26. The van der Waals surface area contributed by atoms with E-state index in [1.807, 2.05) is 17.9 Å². The molecule has 1 aliphatic heterocycles. The normalized spacial score (nSPS) is 24.0. The third-order valence-corrected chi connectivity index (χ3v) is 5.34. The summed E-state index contributed by atoms with van der Waals surface area (Å²) in [6.45, 7) is 3.76. The average Bonchev–Trinajstić information content (AvgIpc) is 2.90. The summed E-state index contributed by atoms with van der Waals surface area (Å²) in [5.74, 6) is 0.340. The van der Waals surface area contributed by atoms with Crippen molar-refractivity contribution in [3.8, 4) is 0 Å². The zero-order valence-electron chi connectivity index (χ0n) is 13.8. The first kappa shape index (κ1) is 15.5. The van der Waals surface area contributed by atoms with Gasteiger partial charge in [0.1, 0.15) is 0 Å². The molecule has 1 amide bonds. The van der Waals surface area contributed by atoms with Crippen LogP contribution in [-0.2, 0) is 18.4 Å². The highest BCUT2D eigenvalue weighted by atomic mass is 16.2. The summed E-state index contributed by atoms with van der Waals surface area (Å²) in [5, 5.41) is 7.83. The van der Waals surface area contributed by atoms with Crippen LogP contribution in [0.25, 0.3) is 0 Å². The first-order chi connectivity index (χ1) is 10.6. The van der Waals surface area contributed by atoms with Gasteiger partial charge in [0, 0.05) is 49.9 Å². The number of hydrogen-bond acceptors (Lipinski definition) is 3. The Morgan fingerprint density at radius 1 is 1.27 bits per heavy atom. The van der Waals surface area contributed by atoms with Crippen molar-refractivity contribution >= 4 is 5.91 Å². The largest absolute Gasteiger partial charge is 0.338 e. The molecular weight excluding hydrogens is 276 g/mol. The summed E-state index contributed by atoms with van der Waals surface area (Å²) in [7, 11) is 1.96. The maximum Gasteiger partial charge on any atom is 0.224 e. The number of nitrogens with one attached hydrogen (secondary N) is 1. The number of carbonyl (C=O) groups is 1. The molecule has 1 aromatic heterocycles. The molecule has 2 fully saturated rings. The van der Waals surface area contributed by atoms with Gasteiger partial charge in [0.15, 0.2) is 0 Å². The van der Waals surface area contributed by atoms with Crippen molar-refractivity contribution in [2.24, 2.45) is 7.05 Å². The molecule has 122 valence electrons. The molecule has 0 aromatic carbocycles. The molecule has 1 aliphatic carbocycles. The number of amides is 1. The van der Waals surface area contributed by atoms with Crippen LogP contribution in [-0.4, -0.2) is 39.2 Å². The zero-order chi connectivity index (χ0) is 15.5. The maximum atomic E-state index is 12.3. The molecule has 1 saturated heterocycles. The van der Waals surface area contributed by atoms with Crippen molar-refractivity contribution in [2.75, 3.05) is 6.54 Å². The Morgan fingerprint density at radius 2 is 2.00 bits per heavy atom. The van der Waals surface area contributed by atoms with E-state index in [4.69, 9.17) is 0 Å². The van der Waals surface area contributed by atoms with E-state index < -0.39 is 0 Å². The predicted molar refractivity (Wildman–Crippen MR) is 86.4 cm³/mol. The molecule has 5 nitrogen and oxygen atoms in total. The van der Waals surface area contributed by atoms with Crippen LogP contribution >= 0.6 is 0 Å². The van der Waals surface area contributed by atoms with Gasteiger partial charge in [0.05, 0.1) is 6.20 Å². The molecule has 0 spiro atoms. The molecular formula is C17H28N4O. The molecule has 1 atom stereocenters. The molecule has 0 bridgehead atoms. The number of hydrogen-bond donors (Lipinski definition) is 1. The molecule has 2 heterocycles. The van der Waals surface area contributed by atoms with Gasteiger partial charge in [0.25, 0.3) is 0 Å². The smallest absolute Gasteiger partial charge is 0.224 e. The summed E-state index contributed by atoms with van der Waals surface area (Å²) >= 11 is 0. The standard InChI is InChI=1S/C17H28N4O/c1-13-14(11-19-20(13)2)10-18-15-9-17(22)21(12-15)16-7-5-3-4-6-8-16/h11,15-16,18H,3-10,12H2,1-2H3. The minimum Gasteiger partial charge on any atom is -0.338 e. The fourth-order valence-electron chi connectivity index (χ4n) is 3.76. The van der Waals surface area contributed by atoms with Crippen molar-refractivity contribution in [1.29, 1.82) is 0 Å². The molecule has 1 saturated carbocycles. The number of carbonyl (C=O) groups excluding carboxylic acids is 1. The molecule has 5 heteroatoms. The summed E-state index contributed by atoms with van der Waals surface area (Å²) in [6.07, 6.45) is 10.2. The Kier molecular flexibility index (Phi) is 4.81. The van der Waals surface area contributed by atoms with Crippen LogP contribution in [0.15, 0.2) is 6.20 Å². The Hall–Kier alpha value is -1.36. The number of aryl methyl sites for hydroxylation is 1. The van der Waals surface area contributed by atoms with E-state index in [-0.39, 0.29) is 6.04 Å². The van der Waals surface area contributed by atoms with Gasteiger partial charge in [-0.3, -0.25) is 9.48 Å². The van der Waals surface area contributed by atoms with Crippen LogP contribution in [0.4, 0.5) is 0 Å². The molecule has 22 heavy (non-hydrogen) atoms. The summed E-state index contributed by atoms with van der Waals surface area (Å²) in [4.78, 5) is 14.5. The first-order valence-electron chi connectivity index (χ1n) is 8.65. The second-order valence-corrected chi connectivity index (χ2v) is 6.85. The van der Waals surface area contributed by atoms with Crippen LogP contribution in [0.3, 0.4) is 0 Å². The van der Waals surface area contributed by atoms with Crippen LogP contribution < -0.4 is 5.32 Å². The number of rotatable bonds is 4. The van der Waals surface area contributed by atoms with Crippen LogP contribution in [0.5, 0.6) is 0 Å². The lowest BCUT2D eigenvalue weighted by Crippen LogP contribution is -2.38. The third kappa shape index (κ3) is 3.35. The van der Waals surface area contributed by atoms with Gasteiger partial charge >= 0.3 is 0 Å². The van der Waals surface area contributed by atoms with Gasteiger partial charge < -0.3 is 10.2 Å². The minimum absolute atomic E-state index is 0.287. The Morgan fingerprint density at radius 3 is 2.64 bits per heavy atom. The Bertz CT molecular complexity index is 517. The zero-order valence-corrected chi connectivity index (χ0v) is 13.8. The average molecular weight is 304 g/mol. The molecule has 3 rings (SSSR count). The van der Waals surface area contributed by atoms with Gasteiger partial charge in [-0.1, -0.05) is 25.7 Å². The molecule has 1 unspecified atom stereocenters. The van der Waals surface area contributed by atoms with Gasteiger partial charge in [-0.05, 0) is 19.8 Å². The highest BCUT2D eigenvalue weighted by Gasteiger charge is 2.34.